The Morgan fingerprint density at radius 2 is 1.63 bits per heavy atom. The zero-order chi connectivity index (χ0) is 14.3. The van der Waals surface area contributed by atoms with Crippen molar-refractivity contribution in [1.82, 2.24) is 5.32 Å². The highest BCUT2D eigenvalue weighted by molar-refractivity contribution is 6.03. The fourth-order valence-electron chi connectivity index (χ4n) is 1.46. The summed E-state index contributed by atoms with van der Waals surface area (Å²) in [5.41, 5.74) is 2.05. The Bertz CT molecular complexity index is 478. The van der Waals surface area contributed by atoms with E-state index in [-0.39, 0.29) is 11.9 Å². The maximum absolute atomic E-state index is 11.8. The lowest BCUT2D eigenvalue weighted by Crippen LogP contribution is -2.24. The Balaban J connectivity index is 2.64. The van der Waals surface area contributed by atoms with E-state index < -0.39 is 0 Å². The van der Waals surface area contributed by atoms with E-state index in [9.17, 15) is 9.59 Å². The molecule has 0 aromatic heterocycles. The molecule has 0 spiro atoms. The summed E-state index contributed by atoms with van der Waals surface area (Å²) in [5, 5.41) is 7.89. The lowest BCUT2D eigenvalue weighted by Gasteiger charge is -2.07. The van der Waals surface area contributed by atoms with Crippen LogP contribution in [0.1, 0.15) is 20.3 Å². The van der Waals surface area contributed by atoms with Crippen LogP contribution in [0.15, 0.2) is 35.9 Å². The fraction of sp³-hybridized carbons (Fsp3) is 0.286. The van der Waals surface area contributed by atoms with Crippen LogP contribution >= 0.6 is 0 Å². The summed E-state index contributed by atoms with van der Waals surface area (Å²) in [5.74, 6) is -0.117. The van der Waals surface area contributed by atoms with Crippen LogP contribution in [0.2, 0.25) is 0 Å². The Morgan fingerprint density at radius 1 is 1.11 bits per heavy atom. The van der Waals surface area contributed by atoms with Gasteiger partial charge in [0.05, 0.1) is 0 Å². The first-order valence-corrected chi connectivity index (χ1v) is 6.13. The average molecular weight is 261 g/mol. The van der Waals surface area contributed by atoms with Crippen LogP contribution in [0, 0.1) is 0 Å². The molecule has 5 heteroatoms. The summed E-state index contributed by atoms with van der Waals surface area (Å²) >= 11 is 0. The van der Waals surface area contributed by atoms with Crippen molar-refractivity contribution in [2.24, 2.45) is 0 Å². The van der Waals surface area contributed by atoms with Crippen molar-refractivity contribution in [3.8, 4) is 0 Å². The zero-order valence-corrected chi connectivity index (χ0v) is 11.4. The fourth-order valence-corrected chi connectivity index (χ4v) is 1.46. The van der Waals surface area contributed by atoms with Crippen molar-refractivity contribution in [1.29, 1.82) is 0 Å². The van der Waals surface area contributed by atoms with Gasteiger partial charge in [-0.3, -0.25) is 4.79 Å². The molecule has 0 bridgehead atoms. The van der Waals surface area contributed by atoms with Gasteiger partial charge >= 0.3 is 6.03 Å². The molecule has 1 rings (SSSR count). The molecule has 102 valence electrons. The molecule has 0 aliphatic heterocycles. The number of hydrogen-bond donors (Lipinski definition) is 3. The van der Waals surface area contributed by atoms with E-state index in [0.29, 0.717) is 16.9 Å². The van der Waals surface area contributed by atoms with Crippen LogP contribution < -0.4 is 16.0 Å². The number of allylic oxidation sites excluding steroid dienone is 1. The molecule has 0 saturated heterocycles. The second-order valence-electron chi connectivity index (χ2n) is 4.03. The predicted octanol–water partition coefficient (Wildman–Crippen LogP) is 2.73. The van der Waals surface area contributed by atoms with E-state index in [1.807, 2.05) is 13.0 Å². The van der Waals surface area contributed by atoms with Gasteiger partial charge in [0.15, 0.2) is 0 Å². The second kappa shape index (κ2) is 7.20. The highest BCUT2D eigenvalue weighted by Crippen LogP contribution is 2.14. The average Bonchev–Trinajstić information content (AvgIpc) is 2.41. The number of nitrogens with one attached hydrogen (secondary N) is 3. The van der Waals surface area contributed by atoms with E-state index in [1.165, 1.54) is 0 Å². The quantitative estimate of drug-likeness (QED) is 0.729. The number of rotatable bonds is 4. The Morgan fingerprint density at radius 3 is 2.11 bits per heavy atom. The molecule has 0 fully saturated rings. The third-order valence-corrected chi connectivity index (χ3v) is 2.50. The summed E-state index contributed by atoms with van der Waals surface area (Å²) in [6.07, 6.45) is 2.70. The molecule has 5 nitrogen and oxygen atoms in total. The smallest absolute Gasteiger partial charge is 0.318 e. The molecule has 19 heavy (non-hydrogen) atoms. The van der Waals surface area contributed by atoms with E-state index >= 15 is 0 Å². The van der Waals surface area contributed by atoms with Crippen molar-refractivity contribution >= 4 is 23.3 Å². The highest BCUT2D eigenvalue weighted by Gasteiger charge is 2.04. The molecule has 3 N–H and O–H groups in total. The molecule has 0 aliphatic rings. The molecular weight excluding hydrogens is 242 g/mol. The summed E-state index contributed by atoms with van der Waals surface area (Å²) in [6.45, 7) is 3.76. The van der Waals surface area contributed by atoms with Crippen molar-refractivity contribution in [2.45, 2.75) is 20.3 Å². The van der Waals surface area contributed by atoms with E-state index in [1.54, 1.807) is 38.2 Å². The van der Waals surface area contributed by atoms with Gasteiger partial charge in [0, 0.05) is 24.0 Å². The molecule has 0 unspecified atom stereocenters. The van der Waals surface area contributed by atoms with Crippen molar-refractivity contribution in [3.63, 3.8) is 0 Å². The number of carbonyl (C=O) groups excluding carboxylic acids is 2. The molecule has 0 aliphatic carbocycles. The summed E-state index contributed by atoms with van der Waals surface area (Å²) in [4.78, 5) is 22.9. The predicted molar refractivity (Wildman–Crippen MR) is 77.2 cm³/mol. The van der Waals surface area contributed by atoms with Crippen molar-refractivity contribution in [3.05, 3.63) is 35.9 Å². The summed E-state index contributed by atoms with van der Waals surface area (Å²) < 4.78 is 0. The number of anilines is 2. The summed E-state index contributed by atoms with van der Waals surface area (Å²) in [6, 6.07) is 6.65. The van der Waals surface area contributed by atoms with Crippen LogP contribution in [0.5, 0.6) is 0 Å². The zero-order valence-electron chi connectivity index (χ0n) is 11.4. The minimum absolute atomic E-state index is 0.117. The van der Waals surface area contributed by atoms with E-state index in [0.717, 1.165) is 6.42 Å². The van der Waals surface area contributed by atoms with Crippen LogP contribution in [0.4, 0.5) is 16.2 Å². The first kappa shape index (κ1) is 14.8. The Kier molecular flexibility index (Phi) is 5.60. The lowest BCUT2D eigenvalue weighted by molar-refractivity contribution is -0.112. The maximum Gasteiger partial charge on any atom is 0.318 e. The van der Waals surface area contributed by atoms with E-state index in [2.05, 4.69) is 16.0 Å². The third-order valence-electron chi connectivity index (χ3n) is 2.50. The van der Waals surface area contributed by atoms with Crippen LogP contribution in [-0.4, -0.2) is 19.0 Å². The first-order chi connectivity index (χ1) is 9.06. The molecule has 0 atom stereocenters. The molecule has 1 aromatic carbocycles. The van der Waals surface area contributed by atoms with Crippen LogP contribution in [0.25, 0.3) is 0 Å². The molecule has 1 aromatic rings. The molecule has 0 heterocycles. The topological polar surface area (TPSA) is 70.2 Å². The maximum atomic E-state index is 11.8. The minimum Gasteiger partial charge on any atom is -0.341 e. The minimum atomic E-state index is -0.279. The number of urea groups is 1. The Labute approximate surface area is 113 Å². The van der Waals surface area contributed by atoms with Crippen molar-refractivity contribution in [2.75, 3.05) is 17.7 Å². The van der Waals surface area contributed by atoms with Gasteiger partial charge in [-0.1, -0.05) is 13.0 Å². The highest BCUT2D eigenvalue weighted by atomic mass is 16.2. The van der Waals surface area contributed by atoms with Crippen molar-refractivity contribution < 1.29 is 9.59 Å². The largest absolute Gasteiger partial charge is 0.341 e. The number of benzene rings is 1. The van der Waals surface area contributed by atoms with Gasteiger partial charge in [0.2, 0.25) is 0 Å². The number of carbonyl (C=O) groups is 2. The van der Waals surface area contributed by atoms with Gasteiger partial charge in [-0.2, -0.15) is 0 Å². The van der Waals surface area contributed by atoms with Crippen LogP contribution in [0.3, 0.4) is 0 Å². The Hall–Kier alpha value is -2.30. The number of hydrogen-bond acceptors (Lipinski definition) is 2. The lowest BCUT2D eigenvalue weighted by atomic mass is 10.2. The standard InChI is InChI=1S/C14H19N3O2/c1-4-5-10(2)13(18)16-11-6-8-12(9-7-11)17-14(19)15-3/h5-9H,4H2,1-3H3,(H,16,18)(H2,15,17,19). The van der Waals surface area contributed by atoms with Crippen LogP contribution in [-0.2, 0) is 4.79 Å². The third kappa shape index (κ3) is 4.83. The van der Waals surface area contributed by atoms with Gasteiger partial charge in [0.25, 0.3) is 5.91 Å². The number of amides is 3. The molecule has 3 amide bonds. The van der Waals surface area contributed by atoms with Gasteiger partial charge in [-0.05, 0) is 37.6 Å². The molecule has 0 saturated carbocycles. The van der Waals surface area contributed by atoms with E-state index in [4.69, 9.17) is 0 Å². The van der Waals surface area contributed by atoms with Gasteiger partial charge in [-0.25, -0.2) is 4.79 Å². The van der Waals surface area contributed by atoms with Gasteiger partial charge in [0.1, 0.15) is 0 Å². The second-order valence-corrected chi connectivity index (χ2v) is 4.03. The first-order valence-electron chi connectivity index (χ1n) is 6.13. The molecule has 0 radical (unpaired) electrons. The normalized spacial score (nSPS) is 10.8. The van der Waals surface area contributed by atoms with Gasteiger partial charge in [-0.15, -0.1) is 0 Å². The summed E-state index contributed by atoms with van der Waals surface area (Å²) in [7, 11) is 1.55. The SMILES string of the molecule is CCC=C(C)C(=O)Nc1ccc(NC(=O)NC)cc1. The van der Waals surface area contributed by atoms with Gasteiger partial charge < -0.3 is 16.0 Å². The monoisotopic (exact) mass is 261 g/mol. The molecular formula is C14H19N3O2.